The van der Waals surface area contributed by atoms with E-state index in [9.17, 15) is 19.5 Å². The Kier molecular flexibility index (Phi) is 6.00. The van der Waals surface area contributed by atoms with Crippen LogP contribution in [0.5, 0.6) is 0 Å². The van der Waals surface area contributed by atoms with Gasteiger partial charge in [-0.05, 0) is 41.5 Å². The van der Waals surface area contributed by atoms with E-state index in [0.717, 1.165) is 22.3 Å². The van der Waals surface area contributed by atoms with Crippen LogP contribution in [-0.4, -0.2) is 54.5 Å². The van der Waals surface area contributed by atoms with Gasteiger partial charge in [-0.3, -0.25) is 4.79 Å². The van der Waals surface area contributed by atoms with Crippen LogP contribution in [0.2, 0.25) is 0 Å². The molecule has 3 aliphatic rings. The van der Waals surface area contributed by atoms with Crippen molar-refractivity contribution < 1.29 is 29.0 Å². The van der Waals surface area contributed by atoms with Crippen molar-refractivity contribution in [3.05, 3.63) is 59.7 Å². The molecular formula is C26H28N2O6. The summed E-state index contributed by atoms with van der Waals surface area (Å²) in [5.74, 6) is -1.62. The quantitative estimate of drug-likeness (QED) is 0.580. The highest BCUT2D eigenvalue weighted by molar-refractivity contribution is 5.89. The van der Waals surface area contributed by atoms with Crippen molar-refractivity contribution in [2.24, 2.45) is 5.92 Å². The summed E-state index contributed by atoms with van der Waals surface area (Å²) in [6, 6.07) is 16.0. The van der Waals surface area contributed by atoms with Crippen molar-refractivity contribution in [1.29, 1.82) is 0 Å². The van der Waals surface area contributed by atoms with Gasteiger partial charge in [-0.15, -0.1) is 0 Å². The molecule has 0 bridgehead atoms. The van der Waals surface area contributed by atoms with E-state index >= 15 is 0 Å². The molecule has 1 heterocycles. The topological polar surface area (TPSA) is 114 Å². The zero-order valence-corrected chi connectivity index (χ0v) is 18.8. The maximum atomic E-state index is 12.7. The summed E-state index contributed by atoms with van der Waals surface area (Å²) >= 11 is 0. The summed E-state index contributed by atoms with van der Waals surface area (Å²) in [6.07, 6.45) is 1.01. The minimum atomic E-state index is -1.12. The molecule has 2 aromatic carbocycles. The molecule has 2 unspecified atom stereocenters. The molecule has 178 valence electrons. The zero-order chi connectivity index (χ0) is 23.7. The molecule has 2 aliphatic carbocycles. The van der Waals surface area contributed by atoms with Gasteiger partial charge < -0.3 is 25.2 Å². The molecule has 0 aromatic heterocycles. The lowest BCUT2D eigenvalue weighted by molar-refractivity contribution is -0.143. The van der Waals surface area contributed by atoms with Gasteiger partial charge in [-0.25, -0.2) is 9.59 Å². The van der Waals surface area contributed by atoms with Crippen LogP contribution in [0.4, 0.5) is 4.79 Å². The Balaban J connectivity index is 1.19. The predicted molar refractivity (Wildman–Crippen MR) is 123 cm³/mol. The summed E-state index contributed by atoms with van der Waals surface area (Å²) in [4.78, 5) is 36.5. The zero-order valence-electron chi connectivity index (χ0n) is 18.8. The number of carboxylic acids is 1. The second kappa shape index (κ2) is 9.10. The van der Waals surface area contributed by atoms with Gasteiger partial charge in [0.15, 0.2) is 0 Å². The van der Waals surface area contributed by atoms with Crippen LogP contribution in [0.15, 0.2) is 48.5 Å². The fourth-order valence-corrected chi connectivity index (χ4v) is 5.05. The number of hydrogen-bond acceptors (Lipinski definition) is 5. The third kappa shape index (κ3) is 4.37. The van der Waals surface area contributed by atoms with Gasteiger partial charge in [0.2, 0.25) is 5.91 Å². The van der Waals surface area contributed by atoms with Gasteiger partial charge in [0, 0.05) is 30.9 Å². The summed E-state index contributed by atoms with van der Waals surface area (Å²) in [6.45, 7) is 1.02. The monoisotopic (exact) mass is 464 g/mol. The van der Waals surface area contributed by atoms with E-state index < -0.39 is 17.6 Å². The summed E-state index contributed by atoms with van der Waals surface area (Å²) in [5.41, 5.74) is 3.49. The number of carbonyl (C=O) groups is 3. The highest BCUT2D eigenvalue weighted by Gasteiger charge is 2.51. The SMILES string of the molecule is O=C(CC1COCCC1NC(=O)OCC1c2ccccc2-c2ccccc21)NC1(C(=O)O)CC1. The third-order valence-corrected chi connectivity index (χ3v) is 7.11. The van der Waals surface area contributed by atoms with Gasteiger partial charge in [0.1, 0.15) is 12.1 Å². The molecule has 0 radical (unpaired) electrons. The molecule has 2 atom stereocenters. The fraction of sp³-hybridized carbons (Fsp3) is 0.423. The van der Waals surface area contributed by atoms with E-state index in [1.165, 1.54) is 0 Å². The molecule has 8 heteroatoms. The Morgan fingerprint density at radius 2 is 1.68 bits per heavy atom. The van der Waals surface area contributed by atoms with Crippen LogP contribution in [0.1, 0.15) is 42.7 Å². The lowest BCUT2D eigenvalue weighted by atomic mass is 9.92. The normalized spacial score (nSPS) is 22.2. The first-order chi connectivity index (χ1) is 16.5. The molecule has 2 fully saturated rings. The van der Waals surface area contributed by atoms with E-state index in [2.05, 4.69) is 34.9 Å². The van der Waals surface area contributed by atoms with E-state index in [4.69, 9.17) is 9.47 Å². The largest absolute Gasteiger partial charge is 0.480 e. The Hall–Kier alpha value is -3.39. The van der Waals surface area contributed by atoms with Crippen molar-refractivity contribution in [3.63, 3.8) is 0 Å². The molecule has 1 saturated heterocycles. The standard InChI is InChI=1S/C26H28N2O6/c29-23(28-26(10-11-26)24(30)31)13-16-14-33-12-9-22(16)27-25(32)34-15-21-19-7-3-1-5-17(19)18-6-2-4-8-20(18)21/h1-8,16,21-22H,9-15H2,(H,27,32)(H,28,29)(H,30,31). The second-order valence-electron chi connectivity index (χ2n) is 9.34. The van der Waals surface area contributed by atoms with Gasteiger partial charge in [0.25, 0.3) is 0 Å². The number of aliphatic carboxylic acids is 1. The first kappa shape index (κ1) is 22.4. The van der Waals surface area contributed by atoms with Crippen molar-refractivity contribution >= 4 is 18.0 Å². The number of alkyl carbamates (subject to hydrolysis) is 1. The van der Waals surface area contributed by atoms with Crippen LogP contribution in [0, 0.1) is 5.92 Å². The van der Waals surface area contributed by atoms with E-state index in [1.807, 2.05) is 24.3 Å². The number of ether oxygens (including phenoxy) is 2. The average Bonchev–Trinajstić information content (AvgIpc) is 3.55. The molecule has 34 heavy (non-hydrogen) atoms. The Morgan fingerprint density at radius 1 is 1.03 bits per heavy atom. The molecule has 0 spiro atoms. The molecule has 2 amide bonds. The first-order valence-electron chi connectivity index (χ1n) is 11.7. The van der Waals surface area contributed by atoms with Crippen LogP contribution in [0.25, 0.3) is 11.1 Å². The number of carboxylic acid groups (broad SMARTS) is 1. The summed E-state index contributed by atoms with van der Waals surface area (Å²) < 4.78 is 11.2. The Labute approximate surface area is 197 Å². The lowest BCUT2D eigenvalue weighted by Crippen LogP contribution is -2.49. The lowest BCUT2D eigenvalue weighted by Gasteiger charge is -2.32. The molecular weight excluding hydrogens is 436 g/mol. The van der Waals surface area contributed by atoms with Gasteiger partial charge in [0.05, 0.1) is 6.61 Å². The maximum absolute atomic E-state index is 12.7. The number of fused-ring (bicyclic) bond motifs is 3. The fourth-order valence-electron chi connectivity index (χ4n) is 5.05. The van der Waals surface area contributed by atoms with Crippen molar-refractivity contribution in [1.82, 2.24) is 10.6 Å². The maximum Gasteiger partial charge on any atom is 0.407 e. The number of benzene rings is 2. The summed E-state index contributed by atoms with van der Waals surface area (Å²) in [7, 11) is 0. The van der Waals surface area contributed by atoms with Crippen LogP contribution in [-0.2, 0) is 19.1 Å². The Morgan fingerprint density at radius 3 is 2.29 bits per heavy atom. The molecule has 8 nitrogen and oxygen atoms in total. The number of rotatable bonds is 7. The van der Waals surface area contributed by atoms with Crippen LogP contribution in [0.3, 0.4) is 0 Å². The van der Waals surface area contributed by atoms with Crippen molar-refractivity contribution in [2.75, 3.05) is 19.8 Å². The van der Waals surface area contributed by atoms with Gasteiger partial charge in [-0.1, -0.05) is 48.5 Å². The van der Waals surface area contributed by atoms with Crippen LogP contribution < -0.4 is 10.6 Å². The molecule has 1 saturated carbocycles. The van der Waals surface area contributed by atoms with E-state index in [0.29, 0.717) is 32.5 Å². The first-order valence-corrected chi connectivity index (χ1v) is 11.7. The van der Waals surface area contributed by atoms with Gasteiger partial charge >= 0.3 is 12.1 Å². The summed E-state index contributed by atoms with van der Waals surface area (Å²) in [5, 5.41) is 14.8. The smallest absolute Gasteiger partial charge is 0.407 e. The highest BCUT2D eigenvalue weighted by Crippen LogP contribution is 2.44. The molecule has 5 rings (SSSR count). The second-order valence-corrected chi connectivity index (χ2v) is 9.34. The predicted octanol–water partition coefficient (Wildman–Crippen LogP) is 3.05. The number of nitrogens with one attached hydrogen (secondary N) is 2. The molecule has 2 aromatic rings. The van der Waals surface area contributed by atoms with Crippen molar-refractivity contribution in [2.45, 2.75) is 43.2 Å². The van der Waals surface area contributed by atoms with E-state index in [1.54, 1.807) is 0 Å². The molecule has 1 aliphatic heterocycles. The van der Waals surface area contributed by atoms with Gasteiger partial charge in [-0.2, -0.15) is 0 Å². The number of amides is 2. The average molecular weight is 465 g/mol. The number of carbonyl (C=O) groups excluding carboxylic acids is 2. The highest BCUT2D eigenvalue weighted by atomic mass is 16.5. The third-order valence-electron chi connectivity index (χ3n) is 7.11. The minimum absolute atomic E-state index is 0.0276. The van der Waals surface area contributed by atoms with Crippen LogP contribution >= 0.6 is 0 Å². The Bertz CT molecular complexity index is 1070. The number of hydrogen-bond donors (Lipinski definition) is 3. The van der Waals surface area contributed by atoms with Crippen molar-refractivity contribution in [3.8, 4) is 11.1 Å². The molecule has 3 N–H and O–H groups in total. The van der Waals surface area contributed by atoms with E-state index in [-0.39, 0.29) is 36.8 Å². The minimum Gasteiger partial charge on any atom is -0.480 e.